The zero-order chi connectivity index (χ0) is 23.0. The van der Waals surface area contributed by atoms with Crippen molar-refractivity contribution in [1.29, 1.82) is 0 Å². The summed E-state index contributed by atoms with van der Waals surface area (Å²) in [6, 6.07) is 17.7. The average molecular weight is 459 g/mol. The molecule has 2 amide bonds. The molecule has 172 valence electrons. The Labute approximate surface area is 189 Å². The molecule has 0 bridgehead atoms. The molecule has 3 rings (SSSR count). The molecule has 7 nitrogen and oxygen atoms in total. The molecular formula is C24H30N2O5S. The predicted molar refractivity (Wildman–Crippen MR) is 123 cm³/mol. The first kappa shape index (κ1) is 23.8. The average Bonchev–Trinajstić information content (AvgIpc) is 2.82. The van der Waals surface area contributed by atoms with Gasteiger partial charge in [0.05, 0.1) is 5.25 Å². The van der Waals surface area contributed by atoms with E-state index in [0.29, 0.717) is 45.4 Å². The maximum Gasteiger partial charge on any atom is 0.234 e. The number of ether oxygens (including phenoxy) is 1. The minimum Gasteiger partial charge on any atom is -0.489 e. The van der Waals surface area contributed by atoms with Crippen LogP contribution >= 0.6 is 0 Å². The Bertz CT molecular complexity index is 998. The quantitative estimate of drug-likeness (QED) is 0.623. The second kappa shape index (κ2) is 11.1. The summed E-state index contributed by atoms with van der Waals surface area (Å²) in [4.78, 5) is 25.7. The lowest BCUT2D eigenvalue weighted by atomic mass is 10.1. The molecule has 8 heteroatoms. The van der Waals surface area contributed by atoms with E-state index in [9.17, 15) is 18.0 Å². The third-order valence-electron chi connectivity index (χ3n) is 5.71. The molecule has 1 aliphatic heterocycles. The number of aryl methyl sites for hydroxylation is 1. The molecule has 0 saturated carbocycles. The normalized spacial score (nSPS) is 14.7. The van der Waals surface area contributed by atoms with Gasteiger partial charge in [-0.05, 0) is 42.5 Å². The Kier molecular flexibility index (Phi) is 8.27. The molecule has 32 heavy (non-hydrogen) atoms. The summed E-state index contributed by atoms with van der Waals surface area (Å²) in [5, 5.41) is 1.78. The molecule has 0 atom stereocenters. The number of likely N-dealkylation sites (tertiary alicyclic amines) is 1. The highest BCUT2D eigenvalue weighted by Gasteiger charge is 2.32. The third kappa shape index (κ3) is 6.82. The van der Waals surface area contributed by atoms with Gasteiger partial charge in [-0.15, -0.1) is 0 Å². The SMILES string of the molecule is CNC(=O)CS(=O)(=O)C1CCN(C(=O)CCc2ccc(OCc3ccccc3)cc2)CC1. The minimum absolute atomic E-state index is 0.0246. The van der Waals surface area contributed by atoms with E-state index in [1.807, 2.05) is 54.6 Å². The molecule has 1 N–H and O–H groups in total. The van der Waals surface area contributed by atoms with Gasteiger partial charge in [0.1, 0.15) is 18.1 Å². The fourth-order valence-corrected chi connectivity index (χ4v) is 5.41. The Morgan fingerprint density at radius 1 is 1.00 bits per heavy atom. The predicted octanol–water partition coefficient (Wildman–Crippen LogP) is 2.35. The fraction of sp³-hybridized carbons (Fsp3) is 0.417. The first-order valence-corrected chi connectivity index (χ1v) is 12.5. The molecule has 0 aromatic heterocycles. The van der Waals surface area contributed by atoms with Crippen molar-refractivity contribution in [2.45, 2.75) is 37.5 Å². The number of piperidine rings is 1. The van der Waals surface area contributed by atoms with Crippen molar-refractivity contribution in [2.75, 3.05) is 25.9 Å². The lowest BCUT2D eigenvalue weighted by Gasteiger charge is -2.31. The molecule has 2 aromatic rings. The topological polar surface area (TPSA) is 92.8 Å². The van der Waals surface area contributed by atoms with E-state index in [2.05, 4.69) is 5.32 Å². The number of carbonyl (C=O) groups is 2. The van der Waals surface area contributed by atoms with E-state index in [-0.39, 0.29) is 5.91 Å². The van der Waals surface area contributed by atoms with E-state index in [4.69, 9.17) is 4.74 Å². The van der Waals surface area contributed by atoms with E-state index in [1.165, 1.54) is 7.05 Å². The summed E-state index contributed by atoms with van der Waals surface area (Å²) < 4.78 is 30.4. The number of amides is 2. The lowest BCUT2D eigenvalue weighted by molar-refractivity contribution is -0.132. The molecule has 0 unspecified atom stereocenters. The van der Waals surface area contributed by atoms with Crippen LogP contribution in [-0.4, -0.2) is 56.3 Å². The van der Waals surface area contributed by atoms with Crippen LogP contribution in [0.15, 0.2) is 54.6 Å². The molecule has 1 aliphatic rings. The highest BCUT2D eigenvalue weighted by Crippen LogP contribution is 2.20. The number of hydrogen-bond donors (Lipinski definition) is 1. The van der Waals surface area contributed by atoms with Crippen LogP contribution in [0.4, 0.5) is 0 Å². The smallest absolute Gasteiger partial charge is 0.234 e. The van der Waals surface area contributed by atoms with Crippen LogP contribution in [0.25, 0.3) is 0 Å². The summed E-state index contributed by atoms with van der Waals surface area (Å²) in [5.74, 6) is -0.187. The first-order valence-electron chi connectivity index (χ1n) is 10.8. The lowest BCUT2D eigenvalue weighted by Crippen LogP contribution is -2.44. The first-order chi connectivity index (χ1) is 15.4. The highest BCUT2D eigenvalue weighted by atomic mass is 32.2. The molecule has 0 radical (unpaired) electrons. The maximum absolute atomic E-state index is 12.6. The van der Waals surface area contributed by atoms with Crippen molar-refractivity contribution in [2.24, 2.45) is 0 Å². The zero-order valence-corrected chi connectivity index (χ0v) is 19.1. The molecule has 1 saturated heterocycles. The van der Waals surface area contributed by atoms with Gasteiger partial charge in [-0.25, -0.2) is 8.42 Å². The van der Waals surface area contributed by atoms with Gasteiger partial charge in [0.15, 0.2) is 9.84 Å². The van der Waals surface area contributed by atoms with Crippen molar-refractivity contribution >= 4 is 21.7 Å². The van der Waals surface area contributed by atoms with E-state index < -0.39 is 26.7 Å². The van der Waals surface area contributed by atoms with Crippen LogP contribution in [0.3, 0.4) is 0 Å². The van der Waals surface area contributed by atoms with Crippen LogP contribution in [0.2, 0.25) is 0 Å². The molecule has 1 fully saturated rings. The summed E-state index contributed by atoms with van der Waals surface area (Å²) in [6.45, 7) is 1.32. The second-order valence-corrected chi connectivity index (χ2v) is 10.3. The number of hydrogen-bond acceptors (Lipinski definition) is 5. The Hall–Kier alpha value is -2.87. The van der Waals surface area contributed by atoms with Crippen molar-refractivity contribution in [3.05, 3.63) is 65.7 Å². The number of benzene rings is 2. The van der Waals surface area contributed by atoms with Gasteiger partial charge in [0.25, 0.3) is 0 Å². The van der Waals surface area contributed by atoms with Gasteiger partial charge in [-0.2, -0.15) is 0 Å². The largest absolute Gasteiger partial charge is 0.489 e. The molecular weight excluding hydrogens is 428 g/mol. The summed E-state index contributed by atoms with van der Waals surface area (Å²) >= 11 is 0. The zero-order valence-electron chi connectivity index (χ0n) is 18.3. The summed E-state index contributed by atoms with van der Waals surface area (Å²) in [6.07, 6.45) is 1.74. The van der Waals surface area contributed by atoms with E-state index in [1.54, 1.807) is 4.90 Å². The van der Waals surface area contributed by atoms with Crippen molar-refractivity contribution in [3.63, 3.8) is 0 Å². The maximum atomic E-state index is 12.6. The van der Waals surface area contributed by atoms with Crippen LogP contribution in [0, 0.1) is 0 Å². The highest BCUT2D eigenvalue weighted by molar-refractivity contribution is 7.92. The Balaban J connectivity index is 1.41. The van der Waals surface area contributed by atoms with Crippen LogP contribution in [0.1, 0.15) is 30.4 Å². The number of nitrogens with zero attached hydrogens (tertiary/aromatic N) is 1. The number of nitrogens with one attached hydrogen (secondary N) is 1. The third-order valence-corrected chi connectivity index (χ3v) is 7.86. The molecule has 0 spiro atoms. The van der Waals surface area contributed by atoms with Gasteiger partial charge in [-0.1, -0.05) is 42.5 Å². The van der Waals surface area contributed by atoms with Crippen LogP contribution in [0.5, 0.6) is 5.75 Å². The minimum atomic E-state index is -3.49. The van der Waals surface area contributed by atoms with E-state index in [0.717, 1.165) is 16.9 Å². The van der Waals surface area contributed by atoms with Gasteiger partial charge in [-0.3, -0.25) is 9.59 Å². The van der Waals surface area contributed by atoms with Crippen LogP contribution in [-0.2, 0) is 32.5 Å². The van der Waals surface area contributed by atoms with Crippen molar-refractivity contribution in [1.82, 2.24) is 10.2 Å². The summed E-state index contributed by atoms with van der Waals surface area (Å²) in [7, 11) is -2.07. The van der Waals surface area contributed by atoms with Gasteiger partial charge >= 0.3 is 0 Å². The Morgan fingerprint density at radius 2 is 1.66 bits per heavy atom. The van der Waals surface area contributed by atoms with Gasteiger partial charge in [0.2, 0.25) is 11.8 Å². The number of carbonyl (C=O) groups excluding carboxylic acids is 2. The van der Waals surface area contributed by atoms with Crippen molar-refractivity contribution in [3.8, 4) is 5.75 Å². The molecule has 1 heterocycles. The summed E-state index contributed by atoms with van der Waals surface area (Å²) in [5.41, 5.74) is 2.15. The van der Waals surface area contributed by atoms with Crippen LogP contribution < -0.4 is 10.1 Å². The number of rotatable bonds is 9. The van der Waals surface area contributed by atoms with Gasteiger partial charge in [0, 0.05) is 26.6 Å². The number of sulfone groups is 1. The monoisotopic (exact) mass is 458 g/mol. The van der Waals surface area contributed by atoms with Gasteiger partial charge < -0.3 is 15.0 Å². The molecule has 0 aliphatic carbocycles. The second-order valence-electron chi connectivity index (χ2n) is 7.98. The molecule has 2 aromatic carbocycles. The van der Waals surface area contributed by atoms with Crippen molar-refractivity contribution < 1.29 is 22.7 Å². The fourth-order valence-electron chi connectivity index (χ4n) is 3.74. The van der Waals surface area contributed by atoms with E-state index >= 15 is 0 Å². The standard InChI is InChI=1S/C24H30N2O5S/c1-25-23(27)18-32(29,30)22-13-15-26(16-14-22)24(28)12-9-19-7-10-21(11-8-19)31-17-20-5-3-2-4-6-20/h2-8,10-11,22H,9,12-18H2,1H3,(H,25,27). The Morgan fingerprint density at radius 3 is 2.28 bits per heavy atom.